The zero-order valence-corrected chi connectivity index (χ0v) is 13.7. The average Bonchev–Trinajstić information content (AvgIpc) is 3.03. The first-order valence-electron chi connectivity index (χ1n) is 7.74. The van der Waals surface area contributed by atoms with Gasteiger partial charge in [-0.2, -0.15) is 4.98 Å². The molecule has 0 spiro atoms. The Kier molecular flexibility index (Phi) is 4.72. The minimum absolute atomic E-state index is 0.0518. The molecule has 0 bridgehead atoms. The van der Waals surface area contributed by atoms with Crippen molar-refractivity contribution in [3.05, 3.63) is 46.1 Å². The maximum atomic E-state index is 11.1. The van der Waals surface area contributed by atoms with Crippen LogP contribution in [0.3, 0.4) is 0 Å². The molecule has 0 saturated carbocycles. The number of benzene rings is 1. The standard InChI is InChI=1S/C15H20N6O3/c1-19-8-7-16-9-13(19)15-17-14(24-18-15)10-20(2)11-5-3-4-6-12(11)21(22)23/h3-6,13,16H,7-10H2,1-2H3. The fourth-order valence-corrected chi connectivity index (χ4v) is 2.79. The number of nitro benzene ring substituents is 1. The van der Waals surface area contributed by atoms with E-state index >= 15 is 0 Å². The van der Waals surface area contributed by atoms with Crippen molar-refractivity contribution in [2.75, 3.05) is 38.6 Å². The van der Waals surface area contributed by atoms with Crippen LogP contribution < -0.4 is 10.2 Å². The van der Waals surface area contributed by atoms with Gasteiger partial charge in [0.05, 0.1) is 17.5 Å². The smallest absolute Gasteiger partial charge is 0.292 e. The van der Waals surface area contributed by atoms with Crippen LogP contribution >= 0.6 is 0 Å². The fraction of sp³-hybridized carbons (Fsp3) is 0.467. The van der Waals surface area contributed by atoms with Crippen molar-refractivity contribution in [1.29, 1.82) is 0 Å². The van der Waals surface area contributed by atoms with Crippen LogP contribution in [0, 0.1) is 10.1 Å². The van der Waals surface area contributed by atoms with Crippen LogP contribution in [0.5, 0.6) is 0 Å². The predicted molar refractivity (Wildman–Crippen MR) is 87.7 cm³/mol. The molecule has 1 aromatic carbocycles. The Labute approximate surface area is 139 Å². The third-order valence-electron chi connectivity index (χ3n) is 4.15. The number of hydrogen-bond donors (Lipinski definition) is 1. The molecule has 2 heterocycles. The molecule has 9 nitrogen and oxygen atoms in total. The summed E-state index contributed by atoms with van der Waals surface area (Å²) in [6, 6.07) is 6.67. The molecular formula is C15H20N6O3. The van der Waals surface area contributed by atoms with E-state index in [2.05, 4.69) is 20.4 Å². The Bertz CT molecular complexity index is 719. The van der Waals surface area contributed by atoms with Gasteiger partial charge in [-0.15, -0.1) is 0 Å². The highest BCUT2D eigenvalue weighted by atomic mass is 16.6. The van der Waals surface area contributed by atoms with Gasteiger partial charge in [0.2, 0.25) is 5.89 Å². The van der Waals surface area contributed by atoms with Crippen molar-refractivity contribution < 1.29 is 9.45 Å². The first-order chi connectivity index (χ1) is 11.6. The minimum atomic E-state index is -0.395. The Hall–Kier alpha value is -2.52. The molecule has 128 valence electrons. The third kappa shape index (κ3) is 3.36. The molecule has 2 aromatic rings. The first kappa shape index (κ1) is 16.3. The lowest BCUT2D eigenvalue weighted by molar-refractivity contribution is -0.384. The molecule has 1 aliphatic rings. The van der Waals surface area contributed by atoms with Gasteiger partial charge in [0.25, 0.3) is 5.69 Å². The number of hydrogen-bond acceptors (Lipinski definition) is 8. The van der Waals surface area contributed by atoms with E-state index in [0.717, 1.165) is 19.6 Å². The van der Waals surface area contributed by atoms with E-state index in [0.29, 0.717) is 23.9 Å². The molecule has 9 heteroatoms. The summed E-state index contributed by atoms with van der Waals surface area (Å²) in [5.74, 6) is 1.07. The number of anilines is 1. The van der Waals surface area contributed by atoms with E-state index in [1.807, 2.05) is 7.05 Å². The van der Waals surface area contributed by atoms with E-state index in [1.165, 1.54) is 6.07 Å². The number of nitro groups is 1. The van der Waals surface area contributed by atoms with Gasteiger partial charge in [0.15, 0.2) is 5.82 Å². The van der Waals surface area contributed by atoms with E-state index < -0.39 is 4.92 Å². The normalized spacial score (nSPS) is 18.5. The Balaban J connectivity index is 1.74. The highest BCUT2D eigenvalue weighted by molar-refractivity contribution is 5.62. The third-order valence-corrected chi connectivity index (χ3v) is 4.15. The number of aromatic nitrogens is 2. The number of piperazine rings is 1. The van der Waals surface area contributed by atoms with Gasteiger partial charge in [-0.3, -0.25) is 15.0 Å². The summed E-state index contributed by atoms with van der Waals surface area (Å²) < 4.78 is 5.33. The van der Waals surface area contributed by atoms with Crippen molar-refractivity contribution in [2.24, 2.45) is 0 Å². The molecule has 1 fully saturated rings. The largest absolute Gasteiger partial charge is 0.360 e. The number of likely N-dealkylation sites (N-methyl/N-ethyl adjacent to an activating group) is 1. The predicted octanol–water partition coefficient (Wildman–Crippen LogP) is 1.19. The summed E-state index contributed by atoms with van der Waals surface area (Å²) >= 11 is 0. The molecule has 1 aromatic heterocycles. The Morgan fingerprint density at radius 2 is 2.29 bits per heavy atom. The molecule has 1 saturated heterocycles. The molecule has 0 aliphatic carbocycles. The molecule has 1 aliphatic heterocycles. The van der Waals surface area contributed by atoms with Crippen molar-refractivity contribution in [3.63, 3.8) is 0 Å². The number of nitrogens with one attached hydrogen (secondary N) is 1. The van der Waals surface area contributed by atoms with Crippen LogP contribution in [0.4, 0.5) is 11.4 Å². The van der Waals surface area contributed by atoms with E-state index in [9.17, 15) is 10.1 Å². The summed E-state index contributed by atoms with van der Waals surface area (Å²) in [4.78, 5) is 19.1. The molecule has 1 unspecified atom stereocenters. The van der Waals surface area contributed by atoms with Crippen LogP contribution in [-0.2, 0) is 6.54 Å². The topological polar surface area (TPSA) is 101 Å². The van der Waals surface area contributed by atoms with E-state index in [1.54, 1.807) is 30.1 Å². The van der Waals surface area contributed by atoms with Gasteiger partial charge in [-0.25, -0.2) is 0 Å². The molecular weight excluding hydrogens is 312 g/mol. The van der Waals surface area contributed by atoms with Crippen LogP contribution in [0.25, 0.3) is 0 Å². The zero-order valence-electron chi connectivity index (χ0n) is 13.7. The number of rotatable bonds is 5. The van der Waals surface area contributed by atoms with Gasteiger partial charge in [-0.05, 0) is 13.1 Å². The summed E-state index contributed by atoms with van der Waals surface area (Å²) in [6.07, 6.45) is 0. The lowest BCUT2D eigenvalue weighted by Gasteiger charge is -2.30. The molecule has 3 rings (SSSR count). The lowest BCUT2D eigenvalue weighted by atomic mass is 10.2. The quantitative estimate of drug-likeness (QED) is 0.644. The summed E-state index contributed by atoms with van der Waals surface area (Å²) in [5.41, 5.74) is 0.564. The summed E-state index contributed by atoms with van der Waals surface area (Å²) in [5, 5.41) is 18.5. The van der Waals surface area contributed by atoms with E-state index in [4.69, 9.17) is 4.52 Å². The summed E-state index contributed by atoms with van der Waals surface area (Å²) in [6.45, 7) is 2.94. The molecule has 24 heavy (non-hydrogen) atoms. The molecule has 0 amide bonds. The van der Waals surface area contributed by atoms with Crippen LogP contribution in [-0.4, -0.2) is 53.7 Å². The SMILES string of the molecule is CN(Cc1nc(C2CNCCN2C)no1)c1ccccc1[N+](=O)[O-]. The van der Waals surface area contributed by atoms with Crippen molar-refractivity contribution in [3.8, 4) is 0 Å². The van der Waals surface area contributed by atoms with Gasteiger partial charge < -0.3 is 14.7 Å². The van der Waals surface area contributed by atoms with Gasteiger partial charge >= 0.3 is 0 Å². The highest BCUT2D eigenvalue weighted by Gasteiger charge is 2.26. The number of nitrogens with zero attached hydrogens (tertiary/aromatic N) is 5. The van der Waals surface area contributed by atoms with Crippen molar-refractivity contribution >= 4 is 11.4 Å². The Morgan fingerprint density at radius 1 is 1.50 bits per heavy atom. The minimum Gasteiger partial charge on any atom is -0.360 e. The van der Waals surface area contributed by atoms with Gasteiger partial charge in [0.1, 0.15) is 5.69 Å². The second-order valence-corrected chi connectivity index (χ2v) is 5.85. The van der Waals surface area contributed by atoms with Crippen LogP contribution in [0.15, 0.2) is 28.8 Å². The average molecular weight is 332 g/mol. The fourth-order valence-electron chi connectivity index (χ4n) is 2.79. The lowest BCUT2D eigenvalue weighted by Crippen LogP contribution is -2.44. The highest BCUT2D eigenvalue weighted by Crippen LogP contribution is 2.27. The monoisotopic (exact) mass is 332 g/mol. The second-order valence-electron chi connectivity index (χ2n) is 5.85. The molecule has 1 N–H and O–H groups in total. The summed E-state index contributed by atoms with van der Waals surface area (Å²) in [7, 11) is 3.79. The molecule has 1 atom stereocenters. The van der Waals surface area contributed by atoms with Crippen LogP contribution in [0.1, 0.15) is 17.8 Å². The Morgan fingerprint density at radius 3 is 3.04 bits per heavy atom. The van der Waals surface area contributed by atoms with Gasteiger partial charge in [0, 0.05) is 32.7 Å². The van der Waals surface area contributed by atoms with Crippen molar-refractivity contribution in [1.82, 2.24) is 20.4 Å². The first-order valence-corrected chi connectivity index (χ1v) is 7.74. The van der Waals surface area contributed by atoms with E-state index in [-0.39, 0.29) is 11.7 Å². The number of para-hydroxylation sites is 2. The zero-order chi connectivity index (χ0) is 17.1. The maximum Gasteiger partial charge on any atom is 0.292 e. The van der Waals surface area contributed by atoms with Gasteiger partial charge in [-0.1, -0.05) is 17.3 Å². The van der Waals surface area contributed by atoms with Crippen LogP contribution in [0.2, 0.25) is 0 Å². The second kappa shape index (κ2) is 6.93. The van der Waals surface area contributed by atoms with Crippen molar-refractivity contribution in [2.45, 2.75) is 12.6 Å². The maximum absolute atomic E-state index is 11.1. The molecule has 0 radical (unpaired) electrons.